The van der Waals surface area contributed by atoms with E-state index >= 15 is 0 Å². The Morgan fingerprint density at radius 1 is 1.00 bits per heavy atom. The summed E-state index contributed by atoms with van der Waals surface area (Å²) in [6.07, 6.45) is 0.736. The van der Waals surface area contributed by atoms with Crippen molar-refractivity contribution in [2.45, 2.75) is 31.2 Å². The molecule has 0 bridgehead atoms. The van der Waals surface area contributed by atoms with E-state index in [1.165, 1.54) is 0 Å². The molecule has 0 saturated carbocycles. The Kier molecular flexibility index (Phi) is 5.80. The van der Waals surface area contributed by atoms with Crippen LogP contribution < -0.4 is 9.46 Å². The Labute approximate surface area is 138 Å². The standard InChI is InChI=1S/C18H23NO3S/c1-14(2)13-18(15-7-5-4-6-8-15)19-23(20,21)17-11-9-16(22-3)10-12-17/h4-12,14,18-19H,13H2,1-3H3/t18-/m0/s1. The summed E-state index contributed by atoms with van der Waals surface area (Å²) in [5.41, 5.74) is 0.971. The van der Waals surface area contributed by atoms with Gasteiger partial charge >= 0.3 is 0 Å². The lowest BCUT2D eigenvalue weighted by Gasteiger charge is -2.21. The van der Waals surface area contributed by atoms with Crippen molar-refractivity contribution in [3.05, 3.63) is 60.2 Å². The molecular weight excluding hydrogens is 310 g/mol. The fraction of sp³-hybridized carbons (Fsp3) is 0.333. The van der Waals surface area contributed by atoms with Gasteiger partial charge in [0.1, 0.15) is 5.75 Å². The van der Waals surface area contributed by atoms with Gasteiger partial charge in [0.25, 0.3) is 0 Å². The van der Waals surface area contributed by atoms with Gasteiger partial charge in [-0.05, 0) is 42.2 Å². The fourth-order valence-electron chi connectivity index (χ4n) is 2.42. The molecule has 0 radical (unpaired) electrons. The summed E-state index contributed by atoms with van der Waals surface area (Å²) >= 11 is 0. The van der Waals surface area contributed by atoms with Crippen LogP contribution >= 0.6 is 0 Å². The molecule has 0 aliphatic carbocycles. The molecule has 1 N–H and O–H groups in total. The van der Waals surface area contributed by atoms with Crippen LogP contribution in [0.2, 0.25) is 0 Å². The highest BCUT2D eigenvalue weighted by Crippen LogP contribution is 2.24. The lowest BCUT2D eigenvalue weighted by atomic mass is 9.98. The van der Waals surface area contributed by atoms with Gasteiger partial charge in [-0.15, -0.1) is 0 Å². The number of hydrogen-bond acceptors (Lipinski definition) is 3. The Hall–Kier alpha value is -1.85. The average Bonchev–Trinajstić information content (AvgIpc) is 2.54. The molecule has 0 aliphatic rings. The van der Waals surface area contributed by atoms with Crippen LogP contribution in [0.4, 0.5) is 0 Å². The first-order valence-corrected chi connectivity index (χ1v) is 9.12. The van der Waals surface area contributed by atoms with Gasteiger partial charge in [-0.3, -0.25) is 0 Å². The molecule has 0 amide bonds. The number of benzene rings is 2. The van der Waals surface area contributed by atoms with Crippen LogP contribution in [0.25, 0.3) is 0 Å². The van der Waals surface area contributed by atoms with Crippen molar-refractivity contribution in [1.82, 2.24) is 4.72 Å². The number of rotatable bonds is 7. The van der Waals surface area contributed by atoms with E-state index in [0.29, 0.717) is 11.7 Å². The first kappa shape index (κ1) is 17.5. The predicted molar refractivity (Wildman–Crippen MR) is 92.0 cm³/mol. The SMILES string of the molecule is COc1ccc(S(=O)(=O)N[C@@H](CC(C)C)c2ccccc2)cc1. The summed E-state index contributed by atoms with van der Waals surface area (Å²) in [5, 5.41) is 0. The summed E-state index contributed by atoms with van der Waals surface area (Å²) in [6.45, 7) is 4.16. The zero-order valence-corrected chi connectivity index (χ0v) is 14.5. The maximum atomic E-state index is 12.6. The second-order valence-electron chi connectivity index (χ2n) is 5.89. The van der Waals surface area contributed by atoms with Crippen LogP contribution in [0.5, 0.6) is 5.75 Å². The van der Waals surface area contributed by atoms with Crippen molar-refractivity contribution >= 4 is 10.0 Å². The number of ether oxygens (including phenoxy) is 1. The summed E-state index contributed by atoms with van der Waals surface area (Å²) in [5.74, 6) is 1.00. The Morgan fingerprint density at radius 2 is 1.61 bits per heavy atom. The third kappa shape index (κ3) is 4.81. The van der Waals surface area contributed by atoms with Gasteiger partial charge in [0, 0.05) is 6.04 Å². The molecule has 23 heavy (non-hydrogen) atoms. The van der Waals surface area contributed by atoms with Crippen LogP contribution in [0, 0.1) is 5.92 Å². The highest BCUT2D eigenvalue weighted by Gasteiger charge is 2.22. The minimum atomic E-state index is -3.58. The van der Waals surface area contributed by atoms with Gasteiger partial charge in [-0.2, -0.15) is 0 Å². The summed E-state index contributed by atoms with van der Waals surface area (Å²) in [7, 11) is -2.03. The number of sulfonamides is 1. The van der Waals surface area contributed by atoms with Crippen molar-refractivity contribution in [2.75, 3.05) is 7.11 Å². The van der Waals surface area contributed by atoms with Crippen LogP contribution in [-0.4, -0.2) is 15.5 Å². The van der Waals surface area contributed by atoms with E-state index in [9.17, 15) is 8.42 Å². The molecular formula is C18H23NO3S. The molecule has 1 atom stereocenters. The third-order valence-electron chi connectivity index (χ3n) is 3.58. The monoisotopic (exact) mass is 333 g/mol. The van der Waals surface area contributed by atoms with E-state index in [1.54, 1.807) is 31.4 Å². The lowest BCUT2D eigenvalue weighted by Crippen LogP contribution is -2.29. The predicted octanol–water partition coefficient (Wildman–Crippen LogP) is 3.76. The highest BCUT2D eigenvalue weighted by molar-refractivity contribution is 7.89. The second-order valence-corrected chi connectivity index (χ2v) is 7.60. The van der Waals surface area contributed by atoms with Crippen molar-refractivity contribution in [3.8, 4) is 5.75 Å². The zero-order chi connectivity index (χ0) is 16.9. The first-order valence-electron chi connectivity index (χ1n) is 7.63. The third-order valence-corrected chi connectivity index (χ3v) is 5.06. The minimum Gasteiger partial charge on any atom is -0.497 e. The summed E-state index contributed by atoms with van der Waals surface area (Å²) < 4.78 is 33.2. The van der Waals surface area contributed by atoms with Crippen molar-refractivity contribution in [1.29, 1.82) is 0 Å². The smallest absolute Gasteiger partial charge is 0.241 e. The Bertz CT molecular complexity index is 710. The Morgan fingerprint density at radius 3 is 2.13 bits per heavy atom. The van der Waals surface area contributed by atoms with Crippen LogP contribution in [0.3, 0.4) is 0 Å². The Balaban J connectivity index is 2.26. The van der Waals surface area contributed by atoms with Crippen molar-refractivity contribution in [3.63, 3.8) is 0 Å². The largest absolute Gasteiger partial charge is 0.497 e. The number of methoxy groups -OCH3 is 1. The van der Waals surface area contributed by atoms with Crippen molar-refractivity contribution < 1.29 is 13.2 Å². The van der Waals surface area contributed by atoms with E-state index in [1.807, 2.05) is 30.3 Å². The molecule has 0 saturated heterocycles. The van der Waals surface area contributed by atoms with Gasteiger partial charge in [0.2, 0.25) is 10.0 Å². The average molecular weight is 333 g/mol. The van der Waals surface area contributed by atoms with Gasteiger partial charge in [0.15, 0.2) is 0 Å². The molecule has 5 heteroatoms. The summed E-state index contributed by atoms with van der Waals surface area (Å²) in [6, 6.07) is 15.8. The molecule has 0 aliphatic heterocycles. The van der Waals surface area contributed by atoms with Crippen LogP contribution in [-0.2, 0) is 10.0 Å². The molecule has 124 valence electrons. The zero-order valence-electron chi connectivity index (χ0n) is 13.7. The van der Waals surface area contributed by atoms with E-state index in [-0.39, 0.29) is 10.9 Å². The first-order chi connectivity index (χ1) is 10.9. The molecule has 0 aromatic heterocycles. The maximum absolute atomic E-state index is 12.6. The van der Waals surface area contributed by atoms with Gasteiger partial charge in [-0.25, -0.2) is 13.1 Å². The molecule has 0 heterocycles. The molecule has 2 rings (SSSR count). The molecule has 0 spiro atoms. The minimum absolute atomic E-state index is 0.239. The van der Waals surface area contributed by atoms with Gasteiger partial charge in [-0.1, -0.05) is 44.2 Å². The molecule has 4 nitrogen and oxygen atoms in total. The van der Waals surface area contributed by atoms with Crippen LogP contribution in [0.15, 0.2) is 59.5 Å². The molecule has 2 aromatic rings. The van der Waals surface area contributed by atoms with Gasteiger partial charge < -0.3 is 4.74 Å². The van der Waals surface area contributed by atoms with E-state index in [4.69, 9.17) is 4.74 Å². The maximum Gasteiger partial charge on any atom is 0.241 e. The second kappa shape index (κ2) is 7.62. The molecule has 0 fully saturated rings. The van der Waals surface area contributed by atoms with Crippen LogP contribution in [0.1, 0.15) is 31.9 Å². The fourth-order valence-corrected chi connectivity index (χ4v) is 3.66. The van der Waals surface area contributed by atoms with Gasteiger partial charge in [0.05, 0.1) is 12.0 Å². The quantitative estimate of drug-likeness (QED) is 0.839. The number of hydrogen-bond donors (Lipinski definition) is 1. The highest BCUT2D eigenvalue weighted by atomic mass is 32.2. The topological polar surface area (TPSA) is 55.4 Å². The molecule has 0 unspecified atom stereocenters. The normalized spacial score (nSPS) is 13.0. The van der Waals surface area contributed by atoms with Crippen molar-refractivity contribution in [2.24, 2.45) is 5.92 Å². The lowest BCUT2D eigenvalue weighted by molar-refractivity contribution is 0.414. The number of nitrogens with one attached hydrogen (secondary N) is 1. The van der Waals surface area contributed by atoms with E-state index in [0.717, 1.165) is 12.0 Å². The molecule has 2 aromatic carbocycles. The van der Waals surface area contributed by atoms with E-state index in [2.05, 4.69) is 18.6 Å². The van der Waals surface area contributed by atoms with E-state index < -0.39 is 10.0 Å². The summed E-state index contributed by atoms with van der Waals surface area (Å²) in [4.78, 5) is 0.239.